The van der Waals surface area contributed by atoms with E-state index >= 15 is 0 Å². The second-order valence-electron chi connectivity index (χ2n) is 9.96. The van der Waals surface area contributed by atoms with Crippen LogP contribution in [0, 0.1) is 0 Å². The van der Waals surface area contributed by atoms with E-state index in [1.165, 1.54) is 6.26 Å². The molecule has 1 fully saturated rings. The number of carbonyl (C=O) groups is 2. The van der Waals surface area contributed by atoms with Gasteiger partial charge in [-0.1, -0.05) is 0 Å². The Kier molecular flexibility index (Phi) is 6.09. The van der Waals surface area contributed by atoms with Crippen molar-refractivity contribution in [3.63, 3.8) is 0 Å². The van der Waals surface area contributed by atoms with Crippen LogP contribution in [-0.2, 0) is 6.42 Å². The molecule has 0 bridgehead atoms. The van der Waals surface area contributed by atoms with Crippen molar-refractivity contribution in [1.29, 1.82) is 0 Å². The van der Waals surface area contributed by atoms with Crippen LogP contribution in [0.2, 0.25) is 0 Å². The van der Waals surface area contributed by atoms with E-state index < -0.39 is 11.4 Å². The van der Waals surface area contributed by atoms with E-state index in [1.54, 1.807) is 6.07 Å². The maximum absolute atomic E-state index is 13.1. The minimum absolute atomic E-state index is 0.119. The summed E-state index contributed by atoms with van der Waals surface area (Å²) in [4.78, 5) is 34.9. The molecule has 9 nitrogen and oxygen atoms in total. The molecule has 4 rings (SSSR count). The Bertz CT molecular complexity index is 1060. The normalized spacial score (nSPS) is 19.6. The van der Waals surface area contributed by atoms with E-state index in [2.05, 4.69) is 34.5 Å². The standard InChI is InChI=1S/C24H33N5O4/c1-14(2)33-23-17(7-8-19(26-23)29-10-9-15(12-29)28(5)6)25-21(30)16-13-32-18-11-24(3,4)27-22(31)20(16)18/h7-8,13-15H,9-12H2,1-6H3,(H,25,30)(H,27,31). The molecule has 2 aromatic heterocycles. The smallest absolute Gasteiger partial charge is 0.259 e. The summed E-state index contributed by atoms with van der Waals surface area (Å²) in [5, 5.41) is 5.78. The molecular weight excluding hydrogens is 422 g/mol. The quantitative estimate of drug-likeness (QED) is 0.691. The zero-order chi connectivity index (χ0) is 23.9. The van der Waals surface area contributed by atoms with Gasteiger partial charge in [-0.25, -0.2) is 0 Å². The lowest BCUT2D eigenvalue weighted by Gasteiger charge is -2.29. The van der Waals surface area contributed by atoms with Gasteiger partial charge in [0.25, 0.3) is 11.8 Å². The number of carbonyl (C=O) groups excluding carboxylic acids is 2. The van der Waals surface area contributed by atoms with Crippen molar-refractivity contribution in [1.82, 2.24) is 15.2 Å². The molecule has 2 amide bonds. The average molecular weight is 456 g/mol. The van der Waals surface area contributed by atoms with Crippen LogP contribution in [0.4, 0.5) is 11.5 Å². The van der Waals surface area contributed by atoms with Gasteiger partial charge in [0, 0.05) is 31.1 Å². The summed E-state index contributed by atoms with van der Waals surface area (Å²) in [5.74, 6) is 0.941. The predicted molar refractivity (Wildman–Crippen MR) is 126 cm³/mol. The highest BCUT2D eigenvalue weighted by molar-refractivity contribution is 6.13. The van der Waals surface area contributed by atoms with Gasteiger partial charge in [-0.2, -0.15) is 4.98 Å². The summed E-state index contributed by atoms with van der Waals surface area (Å²) >= 11 is 0. The van der Waals surface area contributed by atoms with E-state index in [1.807, 2.05) is 33.8 Å². The van der Waals surface area contributed by atoms with Crippen LogP contribution < -0.4 is 20.3 Å². The van der Waals surface area contributed by atoms with Crippen LogP contribution in [-0.4, -0.2) is 66.6 Å². The first kappa shape index (κ1) is 23.1. The van der Waals surface area contributed by atoms with Crippen LogP contribution >= 0.6 is 0 Å². The maximum Gasteiger partial charge on any atom is 0.259 e. The van der Waals surface area contributed by atoms with Crippen LogP contribution in [0.1, 0.15) is 60.6 Å². The second-order valence-corrected chi connectivity index (χ2v) is 9.96. The summed E-state index contributed by atoms with van der Waals surface area (Å²) in [6, 6.07) is 4.17. The predicted octanol–water partition coefficient (Wildman–Crippen LogP) is 2.92. The molecule has 9 heteroatoms. The van der Waals surface area contributed by atoms with Crippen molar-refractivity contribution in [2.45, 2.75) is 58.2 Å². The van der Waals surface area contributed by atoms with Crippen LogP contribution in [0.3, 0.4) is 0 Å². The lowest BCUT2D eigenvalue weighted by Crippen LogP contribution is -2.49. The molecule has 0 spiro atoms. The fourth-order valence-corrected chi connectivity index (χ4v) is 4.34. The van der Waals surface area contributed by atoms with Gasteiger partial charge in [-0.3, -0.25) is 9.59 Å². The van der Waals surface area contributed by atoms with E-state index in [0.717, 1.165) is 25.3 Å². The Morgan fingerprint density at radius 3 is 2.79 bits per heavy atom. The SMILES string of the molecule is CC(C)Oc1nc(N2CCC(N(C)C)C2)ccc1NC(=O)c1coc2c1C(=O)NC(C)(C)C2. The molecule has 0 aliphatic carbocycles. The summed E-state index contributed by atoms with van der Waals surface area (Å²) in [6.07, 6.45) is 2.81. The number of amides is 2. The highest BCUT2D eigenvalue weighted by Crippen LogP contribution is 2.31. The van der Waals surface area contributed by atoms with Crippen LogP contribution in [0.25, 0.3) is 0 Å². The number of hydrogen-bond donors (Lipinski definition) is 2. The van der Waals surface area contributed by atoms with E-state index in [9.17, 15) is 9.59 Å². The number of aromatic nitrogens is 1. The number of rotatable bonds is 6. The Balaban J connectivity index is 1.57. The third-order valence-corrected chi connectivity index (χ3v) is 6.05. The third kappa shape index (κ3) is 4.83. The molecule has 0 radical (unpaired) electrons. The molecule has 4 heterocycles. The van der Waals surface area contributed by atoms with Crippen molar-refractivity contribution < 1.29 is 18.7 Å². The Labute approximate surface area is 194 Å². The highest BCUT2D eigenvalue weighted by Gasteiger charge is 2.36. The van der Waals surface area contributed by atoms with E-state index in [-0.39, 0.29) is 23.1 Å². The van der Waals surface area contributed by atoms with Crippen molar-refractivity contribution >= 4 is 23.3 Å². The number of anilines is 2. The van der Waals surface area contributed by atoms with Crippen LogP contribution in [0.5, 0.6) is 5.88 Å². The molecule has 1 atom stereocenters. The summed E-state index contributed by atoms with van der Waals surface area (Å²) in [6.45, 7) is 9.46. The third-order valence-electron chi connectivity index (χ3n) is 6.05. The average Bonchev–Trinajstić information content (AvgIpc) is 3.35. The summed E-state index contributed by atoms with van der Waals surface area (Å²) in [5.41, 5.74) is 0.516. The van der Waals surface area contributed by atoms with Gasteiger partial charge in [-0.15, -0.1) is 0 Å². The fraction of sp³-hybridized carbons (Fsp3) is 0.542. The molecule has 0 aromatic carbocycles. The Morgan fingerprint density at radius 1 is 1.36 bits per heavy atom. The first-order valence-corrected chi connectivity index (χ1v) is 11.4. The van der Waals surface area contributed by atoms with Gasteiger partial charge in [0.2, 0.25) is 5.88 Å². The number of nitrogens with one attached hydrogen (secondary N) is 2. The maximum atomic E-state index is 13.1. The number of fused-ring (bicyclic) bond motifs is 1. The van der Waals surface area contributed by atoms with Gasteiger partial charge in [0.05, 0.1) is 17.2 Å². The van der Waals surface area contributed by atoms with Crippen molar-refractivity contribution in [2.24, 2.45) is 0 Å². The molecule has 2 aliphatic heterocycles. The fourth-order valence-electron chi connectivity index (χ4n) is 4.34. The highest BCUT2D eigenvalue weighted by atomic mass is 16.5. The van der Waals surface area contributed by atoms with Crippen molar-refractivity contribution in [3.8, 4) is 5.88 Å². The first-order chi connectivity index (χ1) is 15.5. The number of likely N-dealkylation sites (N-methyl/N-ethyl adjacent to an activating group) is 1. The number of pyridine rings is 1. The molecule has 1 saturated heterocycles. The molecule has 178 valence electrons. The number of furan rings is 1. The first-order valence-electron chi connectivity index (χ1n) is 11.4. The Morgan fingerprint density at radius 2 is 2.12 bits per heavy atom. The molecule has 2 N–H and O–H groups in total. The van der Waals surface area contributed by atoms with Crippen LogP contribution in [0.15, 0.2) is 22.8 Å². The number of hydrogen-bond acceptors (Lipinski definition) is 7. The van der Waals surface area contributed by atoms with Gasteiger partial charge in [-0.05, 0) is 60.3 Å². The van der Waals surface area contributed by atoms with E-state index in [0.29, 0.717) is 29.8 Å². The minimum Gasteiger partial charge on any atom is -0.473 e. The van der Waals surface area contributed by atoms with Gasteiger partial charge in [0.15, 0.2) is 0 Å². The molecule has 1 unspecified atom stereocenters. The van der Waals surface area contributed by atoms with Gasteiger partial charge in [0.1, 0.15) is 23.5 Å². The summed E-state index contributed by atoms with van der Waals surface area (Å²) < 4.78 is 11.5. The molecule has 2 aromatic rings. The Hall–Kier alpha value is -3.07. The number of nitrogens with zero attached hydrogens (tertiary/aromatic N) is 3. The minimum atomic E-state index is -0.438. The largest absolute Gasteiger partial charge is 0.473 e. The van der Waals surface area contributed by atoms with Crippen molar-refractivity contribution in [2.75, 3.05) is 37.4 Å². The van der Waals surface area contributed by atoms with Crippen molar-refractivity contribution in [3.05, 3.63) is 35.3 Å². The molecule has 2 aliphatic rings. The summed E-state index contributed by atoms with van der Waals surface area (Å²) in [7, 11) is 4.17. The topological polar surface area (TPSA) is 99.9 Å². The second kappa shape index (κ2) is 8.70. The van der Waals surface area contributed by atoms with Gasteiger partial charge >= 0.3 is 0 Å². The lowest BCUT2D eigenvalue weighted by molar-refractivity contribution is 0.0882. The van der Waals surface area contributed by atoms with E-state index in [4.69, 9.17) is 14.1 Å². The zero-order valence-electron chi connectivity index (χ0n) is 20.2. The molecule has 33 heavy (non-hydrogen) atoms. The lowest BCUT2D eigenvalue weighted by atomic mass is 9.91. The number of ether oxygens (including phenoxy) is 1. The molecular formula is C24H33N5O4. The molecule has 0 saturated carbocycles. The zero-order valence-corrected chi connectivity index (χ0v) is 20.2. The van der Waals surface area contributed by atoms with Gasteiger partial charge < -0.3 is 29.6 Å². The monoisotopic (exact) mass is 455 g/mol.